The summed E-state index contributed by atoms with van der Waals surface area (Å²) in [6.07, 6.45) is 8.21. The molecule has 6 heteroatoms. The molecule has 0 spiro atoms. The van der Waals surface area contributed by atoms with E-state index in [1.807, 2.05) is 50.4 Å². The lowest BCUT2D eigenvalue weighted by Crippen LogP contribution is -2.44. The Hall–Kier alpha value is -1.69. The van der Waals surface area contributed by atoms with Gasteiger partial charge in [0.2, 0.25) is 0 Å². The predicted molar refractivity (Wildman–Crippen MR) is 143 cm³/mol. The largest absolute Gasteiger partial charge is 0.388 e. The maximum atomic E-state index is 11.0. The van der Waals surface area contributed by atoms with E-state index < -0.39 is 11.2 Å². The normalized spacial score (nSPS) is 23.2. The van der Waals surface area contributed by atoms with Crippen molar-refractivity contribution in [2.75, 3.05) is 20.1 Å². The van der Waals surface area contributed by atoms with Gasteiger partial charge >= 0.3 is 0 Å². The quantitative estimate of drug-likeness (QED) is 0.392. The molecule has 0 amide bonds. The number of benzene rings is 2. The number of hydrogen-bond donors (Lipinski definition) is 1. The van der Waals surface area contributed by atoms with E-state index in [4.69, 9.17) is 27.9 Å². The van der Waals surface area contributed by atoms with Crippen LogP contribution in [0.3, 0.4) is 0 Å². The lowest BCUT2D eigenvalue weighted by Gasteiger charge is -2.40. The van der Waals surface area contributed by atoms with Crippen molar-refractivity contribution in [3.05, 3.63) is 81.9 Å². The van der Waals surface area contributed by atoms with Crippen molar-refractivity contribution in [1.29, 1.82) is 0 Å². The standard InChI is InChI=1S/C28H36Cl2N2O2/c1-5-28(14-16-32(4)26(27(2,3)33)21-11-7-6-8-12-21)20-31-15-10-9-13-25(34-28)22-17-23(29)19-24(30)18-22/h6-9,11-13,17-20,25-26,33H,5,10,14-16H2,1-4H3/b13-9+,31-20?. The molecule has 2 aromatic carbocycles. The van der Waals surface area contributed by atoms with Gasteiger partial charge in [-0.1, -0.05) is 72.6 Å². The van der Waals surface area contributed by atoms with Gasteiger partial charge in [-0.05, 0) is 69.5 Å². The summed E-state index contributed by atoms with van der Waals surface area (Å²) in [5.41, 5.74) is 0.532. The fourth-order valence-electron chi connectivity index (χ4n) is 4.65. The molecular formula is C28H36Cl2N2O2. The fraction of sp³-hybridized carbons (Fsp3) is 0.464. The molecule has 1 heterocycles. The van der Waals surface area contributed by atoms with Gasteiger partial charge in [-0.3, -0.25) is 9.89 Å². The first kappa shape index (κ1) is 26.9. The lowest BCUT2D eigenvalue weighted by atomic mass is 9.89. The Balaban J connectivity index is 1.86. The Morgan fingerprint density at radius 2 is 1.85 bits per heavy atom. The van der Waals surface area contributed by atoms with Crippen LogP contribution < -0.4 is 0 Å². The van der Waals surface area contributed by atoms with Crippen LogP contribution in [0.15, 0.2) is 65.7 Å². The second-order valence-electron chi connectivity index (χ2n) is 9.61. The zero-order valence-electron chi connectivity index (χ0n) is 20.5. The molecule has 0 radical (unpaired) electrons. The van der Waals surface area contributed by atoms with Crippen molar-refractivity contribution in [3.63, 3.8) is 0 Å². The maximum absolute atomic E-state index is 11.0. The minimum Gasteiger partial charge on any atom is -0.388 e. The van der Waals surface area contributed by atoms with Crippen LogP contribution in [0.5, 0.6) is 0 Å². The highest BCUT2D eigenvalue weighted by molar-refractivity contribution is 6.34. The molecule has 3 atom stereocenters. The first-order chi connectivity index (χ1) is 16.1. The van der Waals surface area contributed by atoms with Crippen molar-refractivity contribution in [2.24, 2.45) is 4.99 Å². The molecule has 0 aromatic heterocycles. The zero-order chi connectivity index (χ0) is 24.8. The van der Waals surface area contributed by atoms with Crippen LogP contribution in [-0.4, -0.2) is 47.6 Å². The average molecular weight is 504 g/mol. The summed E-state index contributed by atoms with van der Waals surface area (Å²) in [6.45, 7) is 7.28. The van der Waals surface area contributed by atoms with E-state index in [0.29, 0.717) is 10.0 Å². The predicted octanol–water partition coefficient (Wildman–Crippen LogP) is 7.06. The van der Waals surface area contributed by atoms with Gasteiger partial charge in [0.1, 0.15) is 11.7 Å². The molecule has 1 N–H and O–H groups in total. The monoisotopic (exact) mass is 502 g/mol. The summed E-state index contributed by atoms with van der Waals surface area (Å²) in [7, 11) is 2.05. The lowest BCUT2D eigenvalue weighted by molar-refractivity contribution is -0.0513. The molecule has 3 unspecified atom stereocenters. The van der Waals surface area contributed by atoms with E-state index in [-0.39, 0.29) is 12.1 Å². The first-order valence-electron chi connectivity index (χ1n) is 11.9. The molecule has 0 saturated carbocycles. The number of ether oxygens (including phenoxy) is 1. The number of hydrogen-bond acceptors (Lipinski definition) is 4. The highest BCUT2D eigenvalue weighted by Crippen LogP contribution is 2.35. The van der Waals surface area contributed by atoms with Gasteiger partial charge in [-0.25, -0.2) is 0 Å². The van der Waals surface area contributed by atoms with Crippen molar-refractivity contribution in [3.8, 4) is 0 Å². The van der Waals surface area contributed by atoms with E-state index in [9.17, 15) is 5.11 Å². The Morgan fingerprint density at radius 1 is 1.18 bits per heavy atom. The second-order valence-corrected chi connectivity index (χ2v) is 10.5. The van der Waals surface area contributed by atoms with Gasteiger partial charge in [0.25, 0.3) is 0 Å². The Kier molecular flexibility index (Phi) is 9.36. The Labute approximate surface area is 214 Å². The molecular weight excluding hydrogens is 467 g/mol. The van der Waals surface area contributed by atoms with Gasteiger partial charge in [0, 0.05) is 29.3 Å². The van der Waals surface area contributed by atoms with E-state index in [0.717, 1.165) is 43.5 Å². The number of nitrogens with zero attached hydrogens (tertiary/aromatic N) is 2. The smallest absolute Gasteiger partial charge is 0.105 e. The van der Waals surface area contributed by atoms with E-state index in [2.05, 4.69) is 48.1 Å². The number of rotatable bonds is 8. The molecule has 4 nitrogen and oxygen atoms in total. The van der Waals surface area contributed by atoms with Crippen LogP contribution in [0.25, 0.3) is 0 Å². The summed E-state index contributed by atoms with van der Waals surface area (Å²) in [4.78, 5) is 6.89. The van der Waals surface area contributed by atoms with Gasteiger partial charge in [0.15, 0.2) is 0 Å². The van der Waals surface area contributed by atoms with Crippen LogP contribution in [0, 0.1) is 0 Å². The summed E-state index contributed by atoms with van der Waals surface area (Å²) in [6, 6.07) is 15.5. The molecule has 2 aromatic rings. The second kappa shape index (κ2) is 11.8. The van der Waals surface area contributed by atoms with Gasteiger partial charge in [0.05, 0.1) is 11.6 Å². The van der Waals surface area contributed by atoms with Crippen LogP contribution in [-0.2, 0) is 4.74 Å². The SMILES string of the molecule is CCC1(CCN(C)C(c2ccccc2)C(C)(C)O)C=NCC/C=C/C(c2cc(Cl)cc(Cl)c2)O1. The molecule has 3 rings (SSSR count). The zero-order valence-corrected chi connectivity index (χ0v) is 22.1. The Morgan fingerprint density at radius 3 is 2.47 bits per heavy atom. The Bertz CT molecular complexity index is 967. The first-order valence-corrected chi connectivity index (χ1v) is 12.7. The van der Waals surface area contributed by atoms with Gasteiger partial charge in [-0.15, -0.1) is 0 Å². The van der Waals surface area contributed by atoms with E-state index in [1.165, 1.54) is 0 Å². The number of aliphatic imine (C=N–C) groups is 1. The third-order valence-corrected chi connectivity index (χ3v) is 6.79. The molecule has 0 fully saturated rings. The van der Waals surface area contributed by atoms with Crippen LogP contribution in [0.2, 0.25) is 10.0 Å². The molecule has 1 aliphatic heterocycles. The molecule has 1 aliphatic rings. The minimum atomic E-state index is -0.911. The average Bonchev–Trinajstić information content (AvgIpc) is 2.88. The highest BCUT2D eigenvalue weighted by atomic mass is 35.5. The third-order valence-electron chi connectivity index (χ3n) is 6.35. The molecule has 0 aliphatic carbocycles. The van der Waals surface area contributed by atoms with E-state index >= 15 is 0 Å². The van der Waals surface area contributed by atoms with Crippen LogP contribution in [0.4, 0.5) is 0 Å². The summed E-state index contributed by atoms with van der Waals surface area (Å²) in [5, 5.41) is 12.2. The summed E-state index contributed by atoms with van der Waals surface area (Å²) < 4.78 is 6.78. The number of aliphatic hydroxyl groups is 1. The van der Waals surface area contributed by atoms with E-state index in [1.54, 1.807) is 6.07 Å². The van der Waals surface area contributed by atoms with Crippen molar-refractivity contribution in [1.82, 2.24) is 4.90 Å². The molecule has 184 valence electrons. The van der Waals surface area contributed by atoms with Crippen LogP contribution >= 0.6 is 23.2 Å². The van der Waals surface area contributed by atoms with Crippen molar-refractivity contribution in [2.45, 2.75) is 63.4 Å². The van der Waals surface area contributed by atoms with Gasteiger partial charge in [-0.2, -0.15) is 0 Å². The summed E-state index contributed by atoms with van der Waals surface area (Å²) in [5.74, 6) is 0. The van der Waals surface area contributed by atoms with Crippen molar-refractivity contribution >= 4 is 29.4 Å². The maximum Gasteiger partial charge on any atom is 0.105 e. The molecule has 34 heavy (non-hydrogen) atoms. The highest BCUT2D eigenvalue weighted by Gasteiger charge is 2.35. The van der Waals surface area contributed by atoms with Crippen LogP contribution in [0.1, 0.15) is 63.3 Å². The minimum absolute atomic E-state index is 0.154. The summed E-state index contributed by atoms with van der Waals surface area (Å²) >= 11 is 12.6. The third kappa shape index (κ3) is 7.16. The van der Waals surface area contributed by atoms with Crippen molar-refractivity contribution < 1.29 is 9.84 Å². The fourth-order valence-corrected chi connectivity index (χ4v) is 5.19. The number of halogens is 2. The molecule has 0 saturated heterocycles. The topological polar surface area (TPSA) is 45.1 Å². The molecule has 0 bridgehead atoms. The number of likely N-dealkylation sites (N-methyl/N-ethyl adjacent to an activating group) is 1. The van der Waals surface area contributed by atoms with Gasteiger partial charge < -0.3 is 9.84 Å².